The monoisotopic (exact) mass is 1150 g/mol. The molecule has 4 aliphatic rings. The average Bonchev–Trinajstić information content (AvgIpc) is 3.80. The Morgan fingerprint density at radius 3 is 1.27 bits per heavy atom. The van der Waals surface area contributed by atoms with Gasteiger partial charge in [-0.3, -0.25) is 19.2 Å². The maximum absolute atomic E-state index is 13.9. The lowest BCUT2D eigenvalue weighted by atomic mass is 9.95. The van der Waals surface area contributed by atoms with Crippen LogP contribution in [-0.2, 0) is 9.59 Å². The van der Waals surface area contributed by atoms with Gasteiger partial charge in [0.15, 0.2) is 0 Å². The summed E-state index contributed by atoms with van der Waals surface area (Å²) in [4.78, 5) is 63.2. The first-order valence-corrected chi connectivity index (χ1v) is 31.3. The molecule has 6 aromatic carbocycles. The number of likely N-dealkylation sites (tertiary alicyclic amines) is 2. The summed E-state index contributed by atoms with van der Waals surface area (Å²) in [6.45, 7) is 14.5. The zero-order valence-electron chi connectivity index (χ0n) is 48.3. The SMILES string of the molecule is CC[C@@H](CN1CC[C@@H](CNC(=O)c2ccc3cc(Cl)ccc3c2)N[C@H](CCN2CCCCC2)C1=O)c1ccccc1.CC[C@H](CN1CC[C@H](CNC(=O)c2ccc3cc(Cl)ccc3c2)N[C@H](CCN2CCCCC2)C1=O)c1ccccc1. The average molecular weight is 1150 g/mol. The number of nitrogens with one attached hydrogen (secondary N) is 4. The molecule has 12 nitrogen and oxygen atoms in total. The minimum atomic E-state index is -0.250. The molecule has 0 spiro atoms. The van der Waals surface area contributed by atoms with E-state index >= 15 is 0 Å². The lowest BCUT2D eigenvalue weighted by molar-refractivity contribution is -0.134. The van der Waals surface area contributed by atoms with E-state index in [0.29, 0.717) is 59.2 Å². The zero-order chi connectivity index (χ0) is 57.2. The van der Waals surface area contributed by atoms with Gasteiger partial charge in [0.1, 0.15) is 0 Å². The van der Waals surface area contributed by atoms with Crippen LogP contribution in [0.25, 0.3) is 21.5 Å². The summed E-state index contributed by atoms with van der Waals surface area (Å²) in [6, 6.07) is 43.4. The molecule has 0 radical (unpaired) electrons. The lowest BCUT2D eigenvalue weighted by Gasteiger charge is -2.31. The van der Waals surface area contributed by atoms with Gasteiger partial charge in [-0.15, -0.1) is 0 Å². The Kier molecular flexibility index (Phi) is 22.7. The maximum atomic E-state index is 13.9. The van der Waals surface area contributed by atoms with E-state index in [1.807, 2.05) is 84.9 Å². The number of benzene rings is 6. The smallest absolute Gasteiger partial charge is 0.251 e. The van der Waals surface area contributed by atoms with Crippen LogP contribution in [-0.4, -0.2) is 146 Å². The predicted molar refractivity (Wildman–Crippen MR) is 335 cm³/mol. The molecular weight excluding hydrogens is 1060 g/mol. The summed E-state index contributed by atoms with van der Waals surface area (Å²) >= 11 is 12.2. The third-order valence-electron chi connectivity index (χ3n) is 17.5. The molecular formula is C68H86Cl2N8O4. The molecule has 6 aromatic rings. The Bertz CT molecular complexity index is 2820. The Morgan fingerprint density at radius 1 is 0.500 bits per heavy atom. The Morgan fingerprint density at radius 2 is 0.878 bits per heavy atom. The topological polar surface area (TPSA) is 129 Å². The van der Waals surface area contributed by atoms with Crippen LogP contribution in [0.4, 0.5) is 0 Å². The van der Waals surface area contributed by atoms with E-state index in [2.05, 4.69) is 103 Å². The summed E-state index contributed by atoms with van der Waals surface area (Å²) in [5, 5.41) is 19.0. The molecule has 4 amide bonds. The molecule has 0 saturated carbocycles. The second-order valence-corrected chi connectivity index (χ2v) is 24.1. The fourth-order valence-electron chi connectivity index (χ4n) is 12.5. The van der Waals surface area contributed by atoms with Crippen LogP contribution < -0.4 is 21.3 Å². The van der Waals surface area contributed by atoms with E-state index < -0.39 is 0 Å². The van der Waals surface area contributed by atoms with Crippen molar-refractivity contribution in [3.05, 3.63) is 166 Å². The molecule has 4 fully saturated rings. The third-order valence-corrected chi connectivity index (χ3v) is 18.0. The van der Waals surface area contributed by atoms with Gasteiger partial charge in [0, 0.05) is 97.4 Å². The van der Waals surface area contributed by atoms with Crippen LogP contribution >= 0.6 is 23.2 Å². The van der Waals surface area contributed by atoms with Gasteiger partial charge in [0.05, 0.1) is 12.1 Å². The minimum absolute atomic E-state index is 0.0234. The molecule has 10 rings (SSSR count). The second-order valence-electron chi connectivity index (χ2n) is 23.2. The van der Waals surface area contributed by atoms with Crippen molar-refractivity contribution >= 4 is 68.4 Å². The molecule has 0 aliphatic carbocycles. The van der Waals surface area contributed by atoms with Crippen LogP contribution in [0.15, 0.2) is 133 Å². The summed E-state index contributed by atoms with van der Waals surface area (Å²) < 4.78 is 0. The van der Waals surface area contributed by atoms with E-state index in [4.69, 9.17) is 23.2 Å². The standard InChI is InChI=1S/2C34H43ClN4O2/c2*1-2-25(26-9-5-3-6-10-26)24-39-20-15-31(37-32(34(39)41)16-19-38-17-7-4-8-18-38)23-36-33(40)29-12-11-28-22-30(35)14-13-27(28)21-29/h2*3,5-6,9-14,21-22,25,31-32,37H,2,4,7-8,15-20,23-24H2,1H3,(H,36,40)/t25-,31-,32+;25-,31-,32-/m01/s1. The number of amides is 4. The van der Waals surface area contributed by atoms with Gasteiger partial charge in [-0.25, -0.2) is 0 Å². The molecule has 0 unspecified atom stereocenters. The highest BCUT2D eigenvalue weighted by Crippen LogP contribution is 2.27. The van der Waals surface area contributed by atoms with Crippen molar-refractivity contribution in [2.24, 2.45) is 0 Å². The first-order chi connectivity index (χ1) is 40.0. The normalized spacial score (nSPS) is 21.0. The lowest BCUT2D eigenvalue weighted by Crippen LogP contribution is -2.50. The first-order valence-electron chi connectivity index (χ1n) is 30.6. The maximum Gasteiger partial charge on any atom is 0.251 e. The summed E-state index contributed by atoms with van der Waals surface area (Å²) in [5.74, 6) is 0.799. The number of hydrogen-bond acceptors (Lipinski definition) is 8. The van der Waals surface area contributed by atoms with Crippen LogP contribution in [0.5, 0.6) is 0 Å². The highest BCUT2D eigenvalue weighted by Gasteiger charge is 2.34. The Balaban J connectivity index is 0.000000198. The quantitative estimate of drug-likeness (QED) is 0.0595. The number of piperidine rings is 2. The van der Waals surface area contributed by atoms with E-state index in [-0.39, 0.29) is 47.8 Å². The van der Waals surface area contributed by atoms with Crippen LogP contribution in [0.1, 0.15) is 135 Å². The molecule has 4 N–H and O–H groups in total. The van der Waals surface area contributed by atoms with Gasteiger partial charge in [-0.05, 0) is 172 Å². The molecule has 436 valence electrons. The van der Waals surface area contributed by atoms with E-state index in [1.165, 1.54) is 49.7 Å². The molecule has 0 aromatic heterocycles. The summed E-state index contributed by atoms with van der Waals surface area (Å²) in [7, 11) is 0. The predicted octanol–water partition coefficient (Wildman–Crippen LogP) is 11.7. The van der Waals surface area contributed by atoms with Crippen molar-refractivity contribution in [2.75, 3.05) is 78.5 Å². The van der Waals surface area contributed by atoms with Gasteiger partial charge in [-0.1, -0.05) is 135 Å². The fourth-order valence-corrected chi connectivity index (χ4v) is 12.9. The van der Waals surface area contributed by atoms with Gasteiger partial charge in [0.25, 0.3) is 11.8 Å². The van der Waals surface area contributed by atoms with Crippen molar-refractivity contribution in [2.45, 2.75) is 127 Å². The number of nitrogens with zero attached hydrogens (tertiary/aromatic N) is 4. The molecule has 0 bridgehead atoms. The van der Waals surface area contributed by atoms with Crippen molar-refractivity contribution in [1.29, 1.82) is 0 Å². The van der Waals surface area contributed by atoms with Crippen LogP contribution in [0, 0.1) is 0 Å². The number of rotatable bonds is 20. The largest absolute Gasteiger partial charge is 0.350 e. The fraction of sp³-hybridized carbons (Fsp3) is 0.471. The van der Waals surface area contributed by atoms with Gasteiger partial charge < -0.3 is 40.9 Å². The third kappa shape index (κ3) is 17.1. The van der Waals surface area contributed by atoms with Gasteiger partial charge >= 0.3 is 0 Å². The summed E-state index contributed by atoms with van der Waals surface area (Å²) in [5.41, 5.74) is 3.82. The van der Waals surface area contributed by atoms with Crippen molar-refractivity contribution < 1.29 is 19.2 Å². The molecule has 14 heteroatoms. The number of hydrogen-bond donors (Lipinski definition) is 4. The zero-order valence-corrected chi connectivity index (χ0v) is 49.8. The molecule has 4 saturated heterocycles. The molecule has 82 heavy (non-hydrogen) atoms. The Hall–Kier alpha value is -5.86. The van der Waals surface area contributed by atoms with Crippen molar-refractivity contribution in [3.63, 3.8) is 0 Å². The second kappa shape index (κ2) is 30.6. The highest BCUT2D eigenvalue weighted by atomic mass is 35.5. The Labute approximate surface area is 497 Å². The minimum Gasteiger partial charge on any atom is -0.350 e. The van der Waals surface area contributed by atoms with E-state index in [0.717, 1.165) is 112 Å². The van der Waals surface area contributed by atoms with Crippen LogP contribution in [0.2, 0.25) is 10.0 Å². The van der Waals surface area contributed by atoms with Crippen molar-refractivity contribution in [1.82, 2.24) is 40.9 Å². The first kappa shape index (κ1) is 60.7. The molecule has 4 heterocycles. The van der Waals surface area contributed by atoms with E-state index in [9.17, 15) is 19.2 Å². The molecule has 6 atom stereocenters. The number of halogens is 2. The number of carbonyl (C=O) groups excluding carboxylic acids is 4. The van der Waals surface area contributed by atoms with Crippen molar-refractivity contribution in [3.8, 4) is 0 Å². The van der Waals surface area contributed by atoms with Gasteiger partial charge in [-0.2, -0.15) is 0 Å². The van der Waals surface area contributed by atoms with E-state index in [1.54, 1.807) is 0 Å². The number of carbonyl (C=O) groups is 4. The highest BCUT2D eigenvalue weighted by molar-refractivity contribution is 6.31. The number of fused-ring (bicyclic) bond motifs is 2. The summed E-state index contributed by atoms with van der Waals surface area (Å²) in [6.07, 6.45) is 12.7. The molecule has 4 aliphatic heterocycles. The van der Waals surface area contributed by atoms with Crippen LogP contribution in [0.3, 0.4) is 0 Å². The van der Waals surface area contributed by atoms with Gasteiger partial charge in [0.2, 0.25) is 11.8 Å².